The summed E-state index contributed by atoms with van der Waals surface area (Å²) in [6.07, 6.45) is 6.91. The molecule has 1 heterocycles. The van der Waals surface area contributed by atoms with Crippen LogP contribution in [0.2, 0.25) is 0 Å². The first-order valence-corrected chi connectivity index (χ1v) is 11.5. The van der Waals surface area contributed by atoms with Crippen molar-refractivity contribution in [1.29, 1.82) is 0 Å². The quantitative estimate of drug-likeness (QED) is 0.401. The molecule has 0 atom stereocenters. The SMILES string of the molecule is CCCCOc1c(C)c(COc2ccc(CCC3(O)CCC3)cc2)nc2ccccc12. The van der Waals surface area contributed by atoms with Crippen molar-refractivity contribution < 1.29 is 14.6 Å². The number of rotatable bonds is 10. The number of aromatic nitrogens is 1. The number of nitrogens with zero attached hydrogens (tertiary/aromatic N) is 1. The standard InChI is InChI=1S/C27H33NO3/c1-3-4-18-30-26-20(2)25(28-24-9-6-5-8-23(24)26)19-31-22-12-10-21(11-13-22)14-17-27(29)15-7-16-27/h5-6,8-13,29H,3-4,7,14-19H2,1-2H3. The summed E-state index contributed by atoms with van der Waals surface area (Å²) in [5.74, 6) is 1.75. The first-order valence-electron chi connectivity index (χ1n) is 11.5. The lowest BCUT2D eigenvalue weighted by Crippen LogP contribution is -2.36. The van der Waals surface area contributed by atoms with Crippen LogP contribution in [0.25, 0.3) is 10.9 Å². The molecule has 0 radical (unpaired) electrons. The van der Waals surface area contributed by atoms with Gasteiger partial charge in [0, 0.05) is 10.9 Å². The summed E-state index contributed by atoms with van der Waals surface area (Å²) in [4.78, 5) is 4.84. The van der Waals surface area contributed by atoms with Gasteiger partial charge in [-0.25, -0.2) is 4.98 Å². The summed E-state index contributed by atoms with van der Waals surface area (Å²) >= 11 is 0. The van der Waals surface area contributed by atoms with E-state index in [1.54, 1.807) is 0 Å². The lowest BCUT2D eigenvalue weighted by atomic mass is 9.76. The Bertz CT molecular complexity index is 1010. The van der Waals surface area contributed by atoms with Crippen molar-refractivity contribution in [2.75, 3.05) is 6.61 Å². The number of hydrogen-bond acceptors (Lipinski definition) is 4. The van der Waals surface area contributed by atoms with Crippen molar-refractivity contribution in [3.63, 3.8) is 0 Å². The molecule has 4 heteroatoms. The van der Waals surface area contributed by atoms with Crippen LogP contribution in [0.3, 0.4) is 0 Å². The van der Waals surface area contributed by atoms with E-state index >= 15 is 0 Å². The third-order valence-electron chi connectivity index (χ3n) is 6.38. The van der Waals surface area contributed by atoms with Crippen LogP contribution in [0.15, 0.2) is 48.5 Å². The molecular weight excluding hydrogens is 386 g/mol. The minimum Gasteiger partial charge on any atom is -0.493 e. The highest BCUT2D eigenvalue weighted by molar-refractivity contribution is 5.86. The van der Waals surface area contributed by atoms with Crippen molar-refractivity contribution >= 4 is 10.9 Å². The van der Waals surface area contributed by atoms with Crippen LogP contribution in [0, 0.1) is 6.92 Å². The van der Waals surface area contributed by atoms with E-state index < -0.39 is 5.60 Å². The van der Waals surface area contributed by atoms with Gasteiger partial charge in [-0.2, -0.15) is 0 Å². The van der Waals surface area contributed by atoms with Gasteiger partial charge in [-0.05, 0) is 75.3 Å². The van der Waals surface area contributed by atoms with Gasteiger partial charge >= 0.3 is 0 Å². The first kappa shape index (κ1) is 21.6. The smallest absolute Gasteiger partial charge is 0.133 e. The van der Waals surface area contributed by atoms with E-state index in [9.17, 15) is 5.11 Å². The van der Waals surface area contributed by atoms with Gasteiger partial charge in [-0.15, -0.1) is 0 Å². The molecule has 1 aromatic heterocycles. The molecule has 4 rings (SSSR count). The molecule has 0 bridgehead atoms. The number of ether oxygens (including phenoxy) is 2. The largest absolute Gasteiger partial charge is 0.493 e. The molecule has 2 aromatic carbocycles. The topological polar surface area (TPSA) is 51.6 Å². The van der Waals surface area contributed by atoms with Crippen LogP contribution in [-0.2, 0) is 13.0 Å². The monoisotopic (exact) mass is 419 g/mol. The van der Waals surface area contributed by atoms with E-state index in [4.69, 9.17) is 14.5 Å². The van der Waals surface area contributed by atoms with E-state index in [0.29, 0.717) is 13.2 Å². The molecule has 0 unspecified atom stereocenters. The first-order chi connectivity index (χ1) is 15.1. The molecule has 0 amide bonds. The zero-order valence-electron chi connectivity index (χ0n) is 18.7. The van der Waals surface area contributed by atoms with Crippen LogP contribution in [0.5, 0.6) is 11.5 Å². The Morgan fingerprint density at radius 2 is 1.81 bits per heavy atom. The van der Waals surface area contributed by atoms with Crippen molar-refractivity contribution in [3.05, 3.63) is 65.4 Å². The van der Waals surface area contributed by atoms with E-state index in [-0.39, 0.29) is 0 Å². The number of aliphatic hydroxyl groups is 1. The molecule has 0 saturated heterocycles. The number of hydrogen-bond donors (Lipinski definition) is 1. The van der Waals surface area contributed by atoms with Crippen LogP contribution in [0.1, 0.15) is 62.3 Å². The molecule has 31 heavy (non-hydrogen) atoms. The Kier molecular flexibility index (Phi) is 6.77. The molecule has 164 valence electrons. The zero-order valence-corrected chi connectivity index (χ0v) is 18.7. The summed E-state index contributed by atoms with van der Waals surface area (Å²) in [6.45, 7) is 5.34. The summed E-state index contributed by atoms with van der Waals surface area (Å²) < 4.78 is 12.2. The second-order valence-corrected chi connectivity index (χ2v) is 8.74. The number of aryl methyl sites for hydroxylation is 1. The van der Waals surface area contributed by atoms with Crippen molar-refractivity contribution in [2.45, 2.75) is 71.0 Å². The zero-order chi connectivity index (χ0) is 21.7. The molecule has 1 fully saturated rings. The van der Waals surface area contributed by atoms with Crippen molar-refractivity contribution in [2.24, 2.45) is 0 Å². The van der Waals surface area contributed by atoms with Crippen LogP contribution >= 0.6 is 0 Å². The summed E-state index contributed by atoms with van der Waals surface area (Å²) in [7, 11) is 0. The maximum atomic E-state index is 10.3. The van der Waals surface area contributed by atoms with Crippen LogP contribution < -0.4 is 9.47 Å². The third kappa shape index (κ3) is 5.19. The normalized spacial score (nSPS) is 14.9. The number of unbranched alkanes of at least 4 members (excludes halogenated alkanes) is 1. The summed E-state index contributed by atoms with van der Waals surface area (Å²) in [6, 6.07) is 16.3. The third-order valence-corrected chi connectivity index (χ3v) is 6.38. The molecular formula is C27H33NO3. The highest BCUT2D eigenvalue weighted by Gasteiger charge is 2.33. The Hall–Kier alpha value is -2.59. The number of fused-ring (bicyclic) bond motifs is 1. The van der Waals surface area contributed by atoms with Gasteiger partial charge in [-0.1, -0.05) is 37.6 Å². The van der Waals surface area contributed by atoms with E-state index in [1.165, 1.54) is 5.56 Å². The average Bonchev–Trinajstić information content (AvgIpc) is 2.77. The van der Waals surface area contributed by atoms with Gasteiger partial charge < -0.3 is 14.6 Å². The minimum atomic E-state index is -0.425. The van der Waals surface area contributed by atoms with Gasteiger partial charge in [0.2, 0.25) is 0 Å². The van der Waals surface area contributed by atoms with E-state index in [1.807, 2.05) is 30.3 Å². The fraction of sp³-hybridized carbons (Fsp3) is 0.444. The summed E-state index contributed by atoms with van der Waals surface area (Å²) in [5.41, 5.74) is 3.69. The van der Waals surface area contributed by atoms with Crippen LogP contribution in [0.4, 0.5) is 0 Å². The Balaban J connectivity index is 1.43. The number of benzene rings is 2. The second kappa shape index (κ2) is 9.69. The predicted octanol–water partition coefficient (Wildman–Crippen LogP) is 6.15. The predicted molar refractivity (Wildman–Crippen MR) is 125 cm³/mol. The molecule has 3 aromatic rings. The Morgan fingerprint density at radius 1 is 1.03 bits per heavy atom. The van der Waals surface area contributed by atoms with Gasteiger partial charge in [-0.3, -0.25) is 0 Å². The lowest BCUT2D eigenvalue weighted by molar-refractivity contribution is -0.0397. The molecule has 4 nitrogen and oxygen atoms in total. The molecule has 0 spiro atoms. The Labute approximate surface area is 185 Å². The molecule has 0 aliphatic heterocycles. The van der Waals surface area contributed by atoms with E-state index in [2.05, 4.69) is 32.0 Å². The van der Waals surface area contributed by atoms with Crippen LogP contribution in [-0.4, -0.2) is 22.3 Å². The maximum absolute atomic E-state index is 10.3. The second-order valence-electron chi connectivity index (χ2n) is 8.74. The fourth-order valence-corrected chi connectivity index (χ4v) is 4.09. The fourth-order valence-electron chi connectivity index (χ4n) is 4.09. The highest BCUT2D eigenvalue weighted by Crippen LogP contribution is 2.35. The highest BCUT2D eigenvalue weighted by atomic mass is 16.5. The van der Waals surface area contributed by atoms with Gasteiger partial charge in [0.1, 0.15) is 18.1 Å². The van der Waals surface area contributed by atoms with Gasteiger partial charge in [0.05, 0.1) is 23.4 Å². The molecule has 1 aliphatic rings. The Morgan fingerprint density at radius 3 is 2.52 bits per heavy atom. The van der Waals surface area contributed by atoms with Crippen molar-refractivity contribution in [3.8, 4) is 11.5 Å². The van der Waals surface area contributed by atoms with E-state index in [0.717, 1.165) is 78.6 Å². The lowest BCUT2D eigenvalue weighted by Gasteiger charge is -2.36. The number of para-hydroxylation sites is 1. The van der Waals surface area contributed by atoms with Gasteiger partial charge in [0.25, 0.3) is 0 Å². The molecule has 1 N–H and O–H groups in total. The molecule has 1 saturated carbocycles. The maximum Gasteiger partial charge on any atom is 0.133 e. The van der Waals surface area contributed by atoms with Gasteiger partial charge in [0.15, 0.2) is 0 Å². The number of pyridine rings is 1. The van der Waals surface area contributed by atoms with Crippen molar-refractivity contribution in [1.82, 2.24) is 4.98 Å². The molecule has 1 aliphatic carbocycles. The average molecular weight is 420 g/mol. The summed E-state index contributed by atoms with van der Waals surface area (Å²) in [5, 5.41) is 11.3. The minimum absolute atomic E-state index is 0.403.